The van der Waals surface area contributed by atoms with E-state index in [4.69, 9.17) is 4.74 Å². The zero-order valence-electron chi connectivity index (χ0n) is 10.5. The number of carbonyl (C=O) groups is 2. The highest BCUT2D eigenvalue weighted by Crippen LogP contribution is 2.32. The van der Waals surface area contributed by atoms with Crippen LogP contribution in [0, 0.1) is 0 Å². The van der Waals surface area contributed by atoms with Crippen LogP contribution in [0.1, 0.15) is 12.5 Å². The van der Waals surface area contributed by atoms with Crippen molar-refractivity contribution in [2.75, 3.05) is 20.3 Å². The fourth-order valence-electron chi connectivity index (χ4n) is 2.17. The summed E-state index contributed by atoms with van der Waals surface area (Å²) in [4.78, 5) is 25.4. The molecule has 1 aromatic carbocycles. The van der Waals surface area contributed by atoms with E-state index in [1.807, 2.05) is 30.3 Å². The van der Waals surface area contributed by atoms with Gasteiger partial charge in [0.1, 0.15) is 5.54 Å². The number of imide groups is 1. The summed E-state index contributed by atoms with van der Waals surface area (Å²) in [5.74, 6) is -0.296. The van der Waals surface area contributed by atoms with Gasteiger partial charge in [-0.05, 0) is 12.5 Å². The highest BCUT2D eigenvalue weighted by molar-refractivity contribution is 6.07. The van der Waals surface area contributed by atoms with Gasteiger partial charge in [-0.1, -0.05) is 30.3 Å². The lowest BCUT2D eigenvalue weighted by molar-refractivity contribution is -0.126. The lowest BCUT2D eigenvalue weighted by Crippen LogP contribution is -2.45. The minimum Gasteiger partial charge on any atom is -0.383 e. The molecule has 0 radical (unpaired) electrons. The van der Waals surface area contributed by atoms with E-state index in [-0.39, 0.29) is 11.9 Å². The Morgan fingerprint density at radius 3 is 2.56 bits per heavy atom. The molecule has 5 heteroatoms. The Balaban J connectivity index is 2.38. The lowest BCUT2D eigenvalue weighted by atomic mass is 9.90. The number of amides is 3. The summed E-state index contributed by atoms with van der Waals surface area (Å²) in [6.07, 6.45) is 0. The number of nitrogens with one attached hydrogen (secondary N) is 1. The molecule has 1 aliphatic rings. The SMILES string of the molecule is COCCN1C(=O)NC(=O)C1(C)c1ccccc1. The number of hydrogen-bond acceptors (Lipinski definition) is 3. The summed E-state index contributed by atoms with van der Waals surface area (Å²) < 4.78 is 4.98. The van der Waals surface area contributed by atoms with Gasteiger partial charge < -0.3 is 9.64 Å². The second kappa shape index (κ2) is 4.78. The van der Waals surface area contributed by atoms with E-state index in [9.17, 15) is 9.59 Å². The number of ether oxygens (including phenoxy) is 1. The van der Waals surface area contributed by atoms with Crippen molar-refractivity contribution in [3.8, 4) is 0 Å². The van der Waals surface area contributed by atoms with Crippen molar-refractivity contribution in [2.24, 2.45) is 0 Å². The van der Waals surface area contributed by atoms with E-state index < -0.39 is 5.54 Å². The predicted molar refractivity (Wildman–Crippen MR) is 65.9 cm³/mol. The van der Waals surface area contributed by atoms with Crippen LogP contribution in [0.4, 0.5) is 4.79 Å². The second-order valence-electron chi connectivity index (χ2n) is 4.34. The molecule has 1 N–H and O–H groups in total. The van der Waals surface area contributed by atoms with Gasteiger partial charge in [-0.15, -0.1) is 0 Å². The Morgan fingerprint density at radius 1 is 1.28 bits per heavy atom. The van der Waals surface area contributed by atoms with Crippen LogP contribution in [0.3, 0.4) is 0 Å². The Kier molecular flexibility index (Phi) is 3.34. The quantitative estimate of drug-likeness (QED) is 0.812. The third kappa shape index (κ3) is 1.86. The van der Waals surface area contributed by atoms with Gasteiger partial charge in [-0.3, -0.25) is 10.1 Å². The molecule has 0 spiro atoms. The molecule has 0 saturated carbocycles. The maximum absolute atomic E-state index is 12.1. The molecule has 1 atom stereocenters. The topological polar surface area (TPSA) is 58.6 Å². The molecule has 96 valence electrons. The van der Waals surface area contributed by atoms with Crippen LogP contribution in [0.25, 0.3) is 0 Å². The highest BCUT2D eigenvalue weighted by Gasteiger charge is 2.50. The first-order valence-corrected chi connectivity index (χ1v) is 5.78. The van der Waals surface area contributed by atoms with Crippen molar-refractivity contribution in [2.45, 2.75) is 12.5 Å². The van der Waals surface area contributed by atoms with Crippen LogP contribution in [0.15, 0.2) is 30.3 Å². The van der Waals surface area contributed by atoms with Gasteiger partial charge in [0.15, 0.2) is 0 Å². The third-order valence-corrected chi connectivity index (χ3v) is 3.30. The Bertz CT molecular complexity index is 461. The molecular weight excluding hydrogens is 232 g/mol. The first-order valence-electron chi connectivity index (χ1n) is 5.78. The van der Waals surface area contributed by atoms with Crippen LogP contribution in [0.2, 0.25) is 0 Å². The summed E-state index contributed by atoms with van der Waals surface area (Å²) >= 11 is 0. The zero-order chi connectivity index (χ0) is 13.2. The number of benzene rings is 1. The normalized spacial score (nSPS) is 23.3. The van der Waals surface area contributed by atoms with Crippen LogP contribution in [-0.4, -0.2) is 37.1 Å². The van der Waals surface area contributed by atoms with Crippen molar-refractivity contribution in [1.82, 2.24) is 10.2 Å². The van der Waals surface area contributed by atoms with E-state index >= 15 is 0 Å². The predicted octanol–water partition coefficient (Wildman–Crippen LogP) is 1.10. The summed E-state index contributed by atoms with van der Waals surface area (Å²) in [5, 5.41) is 2.36. The number of nitrogens with zero attached hydrogens (tertiary/aromatic N) is 1. The number of carbonyl (C=O) groups excluding carboxylic acids is 2. The van der Waals surface area contributed by atoms with Gasteiger partial charge in [0.2, 0.25) is 0 Å². The fraction of sp³-hybridized carbons (Fsp3) is 0.385. The zero-order valence-corrected chi connectivity index (χ0v) is 10.5. The highest BCUT2D eigenvalue weighted by atomic mass is 16.5. The second-order valence-corrected chi connectivity index (χ2v) is 4.34. The number of methoxy groups -OCH3 is 1. The van der Waals surface area contributed by atoms with E-state index in [2.05, 4.69) is 5.32 Å². The van der Waals surface area contributed by atoms with E-state index in [0.29, 0.717) is 13.2 Å². The van der Waals surface area contributed by atoms with Crippen LogP contribution in [0.5, 0.6) is 0 Å². The van der Waals surface area contributed by atoms with Gasteiger partial charge in [0, 0.05) is 13.7 Å². The maximum atomic E-state index is 12.1. The van der Waals surface area contributed by atoms with Crippen molar-refractivity contribution in [3.63, 3.8) is 0 Å². The molecule has 1 fully saturated rings. The summed E-state index contributed by atoms with van der Waals surface area (Å²) in [5.41, 5.74) is -0.166. The Hall–Kier alpha value is -1.88. The molecule has 2 rings (SSSR count). The van der Waals surface area contributed by atoms with Crippen molar-refractivity contribution >= 4 is 11.9 Å². The van der Waals surface area contributed by atoms with Gasteiger partial charge in [0.05, 0.1) is 6.61 Å². The average molecular weight is 248 g/mol. The van der Waals surface area contributed by atoms with Gasteiger partial charge in [-0.2, -0.15) is 0 Å². The van der Waals surface area contributed by atoms with Gasteiger partial charge in [0.25, 0.3) is 5.91 Å². The van der Waals surface area contributed by atoms with E-state index in [1.54, 1.807) is 14.0 Å². The molecule has 0 aliphatic carbocycles. The van der Waals surface area contributed by atoms with Crippen LogP contribution < -0.4 is 5.32 Å². The standard InChI is InChI=1S/C13H16N2O3/c1-13(10-6-4-3-5-7-10)11(16)14-12(17)15(13)8-9-18-2/h3-7H,8-9H2,1-2H3,(H,14,16,17). The number of hydrogen-bond donors (Lipinski definition) is 1. The molecule has 18 heavy (non-hydrogen) atoms. The van der Waals surface area contributed by atoms with Gasteiger partial charge >= 0.3 is 6.03 Å². The molecule has 1 aliphatic heterocycles. The van der Waals surface area contributed by atoms with E-state index in [0.717, 1.165) is 5.56 Å². The van der Waals surface area contributed by atoms with E-state index in [1.165, 1.54) is 4.90 Å². The summed E-state index contributed by atoms with van der Waals surface area (Å²) in [7, 11) is 1.57. The molecule has 0 aromatic heterocycles. The van der Waals surface area contributed by atoms with Crippen LogP contribution in [-0.2, 0) is 15.1 Å². The molecule has 1 heterocycles. The summed E-state index contributed by atoms with van der Waals surface area (Å²) in [6.45, 7) is 2.51. The Labute approximate surface area is 106 Å². The molecule has 5 nitrogen and oxygen atoms in total. The van der Waals surface area contributed by atoms with Crippen molar-refractivity contribution in [1.29, 1.82) is 0 Å². The molecular formula is C13H16N2O3. The maximum Gasteiger partial charge on any atom is 0.325 e. The minimum absolute atomic E-state index is 0.296. The molecule has 1 unspecified atom stereocenters. The Morgan fingerprint density at radius 2 is 1.94 bits per heavy atom. The minimum atomic E-state index is -0.961. The lowest BCUT2D eigenvalue weighted by Gasteiger charge is -2.32. The van der Waals surface area contributed by atoms with Crippen LogP contribution >= 0.6 is 0 Å². The largest absolute Gasteiger partial charge is 0.383 e. The number of urea groups is 1. The first-order chi connectivity index (χ1) is 8.60. The molecule has 0 bridgehead atoms. The van der Waals surface area contributed by atoms with Gasteiger partial charge in [-0.25, -0.2) is 4.79 Å². The van der Waals surface area contributed by atoms with Crippen molar-refractivity contribution < 1.29 is 14.3 Å². The monoisotopic (exact) mass is 248 g/mol. The smallest absolute Gasteiger partial charge is 0.325 e. The summed E-state index contributed by atoms with van der Waals surface area (Å²) in [6, 6.07) is 8.90. The molecule has 3 amide bonds. The average Bonchev–Trinajstić information content (AvgIpc) is 2.60. The third-order valence-electron chi connectivity index (χ3n) is 3.30. The first kappa shape index (κ1) is 12.6. The number of rotatable bonds is 4. The van der Waals surface area contributed by atoms with Crippen molar-refractivity contribution in [3.05, 3.63) is 35.9 Å². The fourth-order valence-corrected chi connectivity index (χ4v) is 2.17. The molecule has 1 aromatic rings. The molecule has 1 saturated heterocycles.